The van der Waals surface area contributed by atoms with Crippen molar-refractivity contribution in [2.75, 3.05) is 39.8 Å². The van der Waals surface area contributed by atoms with Crippen molar-refractivity contribution in [3.63, 3.8) is 0 Å². The first-order chi connectivity index (χ1) is 7.88. The third-order valence-corrected chi connectivity index (χ3v) is 2.83. The molecule has 1 rings (SSSR count). The van der Waals surface area contributed by atoms with Crippen LogP contribution in [-0.4, -0.2) is 61.0 Å². The van der Waals surface area contributed by atoms with E-state index in [1.807, 2.05) is 11.0 Å². The van der Waals surface area contributed by atoms with Crippen molar-refractivity contribution < 1.29 is 4.79 Å². The Kier molecular flexibility index (Phi) is 5.15. The van der Waals surface area contributed by atoms with Crippen molar-refractivity contribution >= 4 is 5.91 Å². The summed E-state index contributed by atoms with van der Waals surface area (Å²) in [4.78, 5) is 16.0. The van der Waals surface area contributed by atoms with Gasteiger partial charge in [0.05, 0.1) is 0 Å². The van der Waals surface area contributed by atoms with Gasteiger partial charge in [-0.2, -0.15) is 0 Å². The zero-order valence-electron chi connectivity index (χ0n) is 11.5. The Morgan fingerprint density at radius 3 is 2.35 bits per heavy atom. The monoisotopic (exact) mass is 239 g/mol. The van der Waals surface area contributed by atoms with Crippen LogP contribution in [0.25, 0.3) is 0 Å². The molecule has 1 fully saturated rings. The van der Waals surface area contributed by atoms with Gasteiger partial charge in [0.1, 0.15) is 0 Å². The molecule has 0 unspecified atom stereocenters. The third-order valence-electron chi connectivity index (χ3n) is 2.83. The lowest BCUT2D eigenvalue weighted by Crippen LogP contribution is -2.46. The molecule has 1 N–H and O–H groups in total. The van der Waals surface area contributed by atoms with Crippen LogP contribution < -0.4 is 5.32 Å². The standard InChI is InChI=1S/C13H25N3O/c1-13(2,3)14-7-5-6-12(17)16-10-8-15(4)9-11-16/h5-6,14H,7-11H2,1-4H3/b6-5+. The summed E-state index contributed by atoms with van der Waals surface area (Å²) in [7, 11) is 2.09. The van der Waals surface area contributed by atoms with E-state index in [4.69, 9.17) is 0 Å². The van der Waals surface area contributed by atoms with Gasteiger partial charge in [-0.3, -0.25) is 4.79 Å². The smallest absolute Gasteiger partial charge is 0.246 e. The number of nitrogens with zero attached hydrogens (tertiary/aromatic N) is 2. The molecular weight excluding hydrogens is 214 g/mol. The van der Waals surface area contributed by atoms with Crippen LogP contribution in [0.1, 0.15) is 20.8 Å². The molecule has 98 valence electrons. The van der Waals surface area contributed by atoms with Gasteiger partial charge in [-0.1, -0.05) is 6.08 Å². The van der Waals surface area contributed by atoms with Crippen molar-refractivity contribution in [2.45, 2.75) is 26.3 Å². The number of amides is 1. The predicted molar refractivity (Wildman–Crippen MR) is 71.0 cm³/mol. The minimum absolute atomic E-state index is 0.0984. The first-order valence-corrected chi connectivity index (χ1v) is 6.27. The number of rotatable bonds is 3. The Morgan fingerprint density at radius 1 is 1.24 bits per heavy atom. The molecule has 0 aromatic rings. The largest absolute Gasteiger partial charge is 0.337 e. The lowest BCUT2D eigenvalue weighted by atomic mass is 10.1. The Bertz CT molecular complexity index is 273. The normalized spacial score (nSPS) is 18.9. The molecule has 1 aliphatic heterocycles. The zero-order valence-corrected chi connectivity index (χ0v) is 11.5. The molecule has 1 heterocycles. The molecule has 4 nitrogen and oxygen atoms in total. The van der Waals surface area contributed by atoms with Gasteiger partial charge in [0.2, 0.25) is 5.91 Å². The van der Waals surface area contributed by atoms with E-state index in [0.29, 0.717) is 0 Å². The fourth-order valence-electron chi connectivity index (χ4n) is 1.66. The molecule has 0 aromatic carbocycles. The molecular formula is C13H25N3O. The molecule has 0 aromatic heterocycles. The highest BCUT2D eigenvalue weighted by atomic mass is 16.2. The predicted octanol–water partition coefficient (Wildman–Crippen LogP) is 0.705. The number of carbonyl (C=O) groups excluding carboxylic acids is 1. The number of piperazine rings is 1. The van der Waals surface area contributed by atoms with Gasteiger partial charge in [-0.25, -0.2) is 0 Å². The number of likely N-dealkylation sites (N-methyl/N-ethyl adjacent to an activating group) is 1. The van der Waals surface area contributed by atoms with Crippen LogP contribution in [-0.2, 0) is 4.79 Å². The SMILES string of the molecule is CN1CCN(C(=O)/C=C/CNC(C)(C)C)CC1. The summed E-state index contributed by atoms with van der Waals surface area (Å²) < 4.78 is 0. The van der Waals surface area contributed by atoms with Crippen molar-refractivity contribution in [1.29, 1.82) is 0 Å². The second kappa shape index (κ2) is 6.17. The van der Waals surface area contributed by atoms with Crippen LogP contribution in [0.5, 0.6) is 0 Å². The summed E-state index contributed by atoms with van der Waals surface area (Å²) in [5, 5.41) is 3.32. The van der Waals surface area contributed by atoms with Crippen LogP contribution in [0, 0.1) is 0 Å². The molecule has 1 aliphatic rings. The van der Waals surface area contributed by atoms with Crippen LogP contribution in [0.15, 0.2) is 12.2 Å². The minimum atomic E-state index is 0.0984. The van der Waals surface area contributed by atoms with E-state index in [0.717, 1.165) is 32.7 Å². The summed E-state index contributed by atoms with van der Waals surface area (Å²) in [6, 6.07) is 0. The Morgan fingerprint density at radius 2 is 1.82 bits per heavy atom. The molecule has 0 spiro atoms. The Hall–Kier alpha value is -0.870. The zero-order chi connectivity index (χ0) is 12.9. The maximum atomic E-state index is 11.8. The van der Waals surface area contributed by atoms with Crippen LogP contribution in [0.4, 0.5) is 0 Å². The Labute approximate surface area is 105 Å². The first-order valence-electron chi connectivity index (χ1n) is 6.27. The Balaban J connectivity index is 2.27. The van der Waals surface area contributed by atoms with E-state index < -0.39 is 0 Å². The van der Waals surface area contributed by atoms with Gasteiger partial charge in [0, 0.05) is 44.3 Å². The fraction of sp³-hybridized carbons (Fsp3) is 0.769. The van der Waals surface area contributed by atoms with E-state index in [9.17, 15) is 4.79 Å². The highest BCUT2D eigenvalue weighted by Crippen LogP contribution is 2.01. The van der Waals surface area contributed by atoms with E-state index in [1.54, 1.807) is 6.08 Å². The van der Waals surface area contributed by atoms with Crippen molar-refractivity contribution in [3.05, 3.63) is 12.2 Å². The van der Waals surface area contributed by atoms with E-state index in [-0.39, 0.29) is 11.4 Å². The molecule has 1 saturated heterocycles. The summed E-state index contributed by atoms with van der Waals surface area (Å²) in [5.41, 5.74) is 0.0984. The van der Waals surface area contributed by atoms with Gasteiger partial charge in [-0.05, 0) is 27.8 Å². The van der Waals surface area contributed by atoms with Gasteiger partial charge in [-0.15, -0.1) is 0 Å². The number of nitrogens with one attached hydrogen (secondary N) is 1. The van der Waals surface area contributed by atoms with Crippen LogP contribution in [0.3, 0.4) is 0 Å². The van der Waals surface area contributed by atoms with Gasteiger partial charge >= 0.3 is 0 Å². The topological polar surface area (TPSA) is 35.6 Å². The second-order valence-electron chi connectivity index (χ2n) is 5.66. The van der Waals surface area contributed by atoms with Gasteiger partial charge in [0.25, 0.3) is 0 Å². The summed E-state index contributed by atoms with van der Waals surface area (Å²) in [6.45, 7) is 10.7. The third kappa shape index (κ3) is 5.84. The molecule has 0 atom stereocenters. The van der Waals surface area contributed by atoms with E-state index in [1.165, 1.54) is 0 Å². The quantitative estimate of drug-likeness (QED) is 0.737. The summed E-state index contributed by atoms with van der Waals surface area (Å²) in [5.74, 6) is 0.133. The number of hydrogen-bond acceptors (Lipinski definition) is 3. The molecule has 1 amide bonds. The first kappa shape index (κ1) is 14.2. The average Bonchev–Trinajstić information content (AvgIpc) is 2.24. The molecule has 0 radical (unpaired) electrons. The van der Waals surface area contributed by atoms with Crippen LogP contribution >= 0.6 is 0 Å². The minimum Gasteiger partial charge on any atom is -0.337 e. The molecule has 0 aliphatic carbocycles. The number of carbonyl (C=O) groups is 1. The average molecular weight is 239 g/mol. The molecule has 0 bridgehead atoms. The molecule has 17 heavy (non-hydrogen) atoms. The van der Waals surface area contributed by atoms with Crippen LogP contribution in [0.2, 0.25) is 0 Å². The lowest BCUT2D eigenvalue weighted by molar-refractivity contribution is -0.127. The molecule has 4 heteroatoms. The molecule has 0 saturated carbocycles. The lowest BCUT2D eigenvalue weighted by Gasteiger charge is -2.31. The number of hydrogen-bond donors (Lipinski definition) is 1. The summed E-state index contributed by atoms with van der Waals surface area (Å²) >= 11 is 0. The highest BCUT2D eigenvalue weighted by Gasteiger charge is 2.16. The van der Waals surface area contributed by atoms with Gasteiger partial charge in [0.15, 0.2) is 0 Å². The van der Waals surface area contributed by atoms with Crippen molar-refractivity contribution in [2.24, 2.45) is 0 Å². The maximum Gasteiger partial charge on any atom is 0.246 e. The van der Waals surface area contributed by atoms with E-state index >= 15 is 0 Å². The second-order valence-corrected chi connectivity index (χ2v) is 5.66. The summed E-state index contributed by atoms with van der Waals surface area (Å²) in [6.07, 6.45) is 3.59. The van der Waals surface area contributed by atoms with Crippen molar-refractivity contribution in [3.8, 4) is 0 Å². The van der Waals surface area contributed by atoms with E-state index in [2.05, 4.69) is 38.0 Å². The maximum absolute atomic E-state index is 11.8. The highest BCUT2D eigenvalue weighted by molar-refractivity contribution is 5.87. The van der Waals surface area contributed by atoms with Gasteiger partial charge < -0.3 is 15.1 Å². The fourth-order valence-corrected chi connectivity index (χ4v) is 1.66. The van der Waals surface area contributed by atoms with Crippen molar-refractivity contribution in [1.82, 2.24) is 15.1 Å².